The number of carbonyl (C=O) groups excluding carboxylic acids is 2. The van der Waals surface area contributed by atoms with Gasteiger partial charge in [-0.15, -0.1) is 0 Å². The van der Waals surface area contributed by atoms with Crippen molar-refractivity contribution in [1.29, 1.82) is 0 Å². The topological polar surface area (TPSA) is 108 Å². The van der Waals surface area contributed by atoms with Crippen molar-refractivity contribution in [3.63, 3.8) is 0 Å². The normalized spacial score (nSPS) is 22.3. The molecule has 29 heavy (non-hydrogen) atoms. The van der Waals surface area contributed by atoms with Crippen LogP contribution in [0.4, 0.5) is 5.69 Å². The SMILES string of the molecule is CCOC(=O)C1=NN(c2ccccc2)C(C(=O)N2CCCC(NS(C)(=O)=O)C2)C1. The molecule has 2 atom stereocenters. The molecule has 1 fully saturated rings. The number of benzene rings is 1. The first-order valence-corrected chi connectivity index (χ1v) is 11.5. The van der Waals surface area contributed by atoms with Crippen LogP contribution in [-0.2, 0) is 24.3 Å². The molecule has 9 nitrogen and oxygen atoms in total. The van der Waals surface area contributed by atoms with E-state index in [4.69, 9.17) is 4.74 Å². The van der Waals surface area contributed by atoms with Gasteiger partial charge in [0.15, 0.2) is 0 Å². The summed E-state index contributed by atoms with van der Waals surface area (Å²) in [5, 5.41) is 5.93. The molecule has 1 amide bonds. The Balaban J connectivity index is 1.79. The number of likely N-dealkylation sites (tertiary alicyclic amines) is 1. The number of rotatable bonds is 6. The summed E-state index contributed by atoms with van der Waals surface area (Å²) in [5.41, 5.74) is 0.907. The summed E-state index contributed by atoms with van der Waals surface area (Å²) in [4.78, 5) is 27.1. The third kappa shape index (κ3) is 5.33. The van der Waals surface area contributed by atoms with E-state index in [2.05, 4.69) is 9.82 Å². The largest absolute Gasteiger partial charge is 0.461 e. The van der Waals surface area contributed by atoms with E-state index >= 15 is 0 Å². The second-order valence-electron chi connectivity index (χ2n) is 7.18. The number of carbonyl (C=O) groups is 2. The number of nitrogens with zero attached hydrogens (tertiary/aromatic N) is 3. The molecule has 0 spiro atoms. The van der Waals surface area contributed by atoms with Crippen LogP contribution in [0.25, 0.3) is 0 Å². The van der Waals surface area contributed by atoms with Gasteiger partial charge in [0.05, 0.1) is 18.6 Å². The zero-order valence-corrected chi connectivity index (χ0v) is 17.4. The zero-order valence-electron chi connectivity index (χ0n) is 16.6. The van der Waals surface area contributed by atoms with Crippen molar-refractivity contribution in [3.8, 4) is 0 Å². The lowest BCUT2D eigenvalue weighted by molar-refractivity contribution is -0.135. The second-order valence-corrected chi connectivity index (χ2v) is 8.96. The van der Waals surface area contributed by atoms with E-state index in [1.807, 2.05) is 30.3 Å². The molecule has 2 aliphatic rings. The average Bonchev–Trinajstić information content (AvgIpc) is 3.13. The number of para-hydroxylation sites is 1. The van der Waals surface area contributed by atoms with Crippen LogP contribution in [0, 0.1) is 0 Å². The van der Waals surface area contributed by atoms with Crippen LogP contribution in [0.2, 0.25) is 0 Å². The summed E-state index contributed by atoms with van der Waals surface area (Å²) in [6.45, 7) is 2.77. The molecule has 0 aliphatic carbocycles. The van der Waals surface area contributed by atoms with Crippen LogP contribution in [0.5, 0.6) is 0 Å². The first-order chi connectivity index (χ1) is 13.8. The minimum Gasteiger partial charge on any atom is -0.461 e. The van der Waals surface area contributed by atoms with E-state index in [0.717, 1.165) is 6.26 Å². The summed E-state index contributed by atoms with van der Waals surface area (Å²) in [6, 6.07) is 8.18. The highest BCUT2D eigenvalue weighted by atomic mass is 32.2. The number of ether oxygens (including phenoxy) is 1. The average molecular weight is 423 g/mol. The fraction of sp³-hybridized carbons (Fsp3) is 0.526. The molecule has 1 N–H and O–H groups in total. The van der Waals surface area contributed by atoms with E-state index < -0.39 is 22.0 Å². The van der Waals surface area contributed by atoms with Gasteiger partial charge in [0.1, 0.15) is 11.8 Å². The summed E-state index contributed by atoms with van der Waals surface area (Å²) in [7, 11) is -3.35. The van der Waals surface area contributed by atoms with Crippen LogP contribution in [-0.4, -0.2) is 68.9 Å². The maximum absolute atomic E-state index is 13.3. The van der Waals surface area contributed by atoms with Gasteiger partial charge >= 0.3 is 5.97 Å². The van der Waals surface area contributed by atoms with Crippen molar-refractivity contribution >= 4 is 33.3 Å². The number of sulfonamides is 1. The molecule has 158 valence electrons. The predicted octanol–water partition coefficient (Wildman–Crippen LogP) is 0.725. The highest BCUT2D eigenvalue weighted by Gasteiger charge is 2.40. The Hall–Kier alpha value is -2.46. The lowest BCUT2D eigenvalue weighted by atomic mass is 10.0. The molecule has 0 bridgehead atoms. The fourth-order valence-electron chi connectivity index (χ4n) is 3.65. The van der Waals surface area contributed by atoms with Gasteiger partial charge < -0.3 is 9.64 Å². The minimum atomic E-state index is -3.35. The molecule has 2 unspecified atom stereocenters. The molecule has 3 rings (SSSR count). The maximum Gasteiger partial charge on any atom is 0.354 e. The minimum absolute atomic E-state index is 0.146. The van der Waals surface area contributed by atoms with Gasteiger partial charge in [-0.05, 0) is 31.9 Å². The Morgan fingerprint density at radius 1 is 1.28 bits per heavy atom. The molecule has 0 aromatic heterocycles. The molecule has 1 aromatic carbocycles. The van der Waals surface area contributed by atoms with Crippen LogP contribution >= 0.6 is 0 Å². The third-order valence-electron chi connectivity index (χ3n) is 4.84. The molecule has 10 heteroatoms. The van der Waals surface area contributed by atoms with E-state index in [9.17, 15) is 18.0 Å². The van der Waals surface area contributed by atoms with Gasteiger partial charge in [-0.25, -0.2) is 17.9 Å². The number of esters is 1. The van der Waals surface area contributed by atoms with Crippen molar-refractivity contribution in [2.45, 2.75) is 38.3 Å². The Morgan fingerprint density at radius 2 is 2.00 bits per heavy atom. The van der Waals surface area contributed by atoms with Crippen molar-refractivity contribution in [2.75, 3.05) is 31.0 Å². The van der Waals surface area contributed by atoms with E-state index in [1.165, 1.54) is 0 Å². The Kier molecular flexibility index (Phi) is 6.53. The van der Waals surface area contributed by atoms with Crippen molar-refractivity contribution in [3.05, 3.63) is 30.3 Å². The molecule has 2 heterocycles. The smallest absolute Gasteiger partial charge is 0.354 e. The number of hydrogen-bond donors (Lipinski definition) is 1. The fourth-order valence-corrected chi connectivity index (χ4v) is 4.44. The summed E-state index contributed by atoms with van der Waals surface area (Å²) in [5.74, 6) is -0.712. The van der Waals surface area contributed by atoms with Gasteiger partial charge in [0.25, 0.3) is 0 Å². The quantitative estimate of drug-likeness (QED) is 0.677. The highest BCUT2D eigenvalue weighted by Crippen LogP contribution is 2.27. The summed E-state index contributed by atoms with van der Waals surface area (Å²) < 4.78 is 30.8. The number of anilines is 1. The van der Waals surface area contributed by atoms with Crippen LogP contribution in [0.1, 0.15) is 26.2 Å². The van der Waals surface area contributed by atoms with Gasteiger partial charge in [-0.2, -0.15) is 5.10 Å². The number of piperidine rings is 1. The first kappa shape index (κ1) is 21.3. The summed E-state index contributed by atoms with van der Waals surface area (Å²) in [6.07, 6.45) is 2.63. The van der Waals surface area contributed by atoms with Crippen molar-refractivity contribution < 1.29 is 22.7 Å². The van der Waals surface area contributed by atoms with Crippen LogP contribution in [0.3, 0.4) is 0 Å². The summed E-state index contributed by atoms with van der Waals surface area (Å²) >= 11 is 0. The predicted molar refractivity (Wildman–Crippen MR) is 109 cm³/mol. The van der Waals surface area contributed by atoms with Crippen molar-refractivity contribution in [2.24, 2.45) is 5.10 Å². The molecule has 1 aromatic rings. The number of nitrogens with one attached hydrogen (secondary N) is 1. The molecular formula is C19H26N4O5S. The Morgan fingerprint density at radius 3 is 2.66 bits per heavy atom. The molecular weight excluding hydrogens is 396 g/mol. The highest BCUT2D eigenvalue weighted by molar-refractivity contribution is 7.88. The maximum atomic E-state index is 13.3. The number of hydrazone groups is 1. The molecule has 0 radical (unpaired) electrons. The van der Waals surface area contributed by atoms with Crippen LogP contribution < -0.4 is 9.73 Å². The van der Waals surface area contributed by atoms with Gasteiger partial charge in [0.2, 0.25) is 15.9 Å². The molecule has 1 saturated heterocycles. The van der Waals surface area contributed by atoms with Gasteiger partial charge in [0, 0.05) is 25.6 Å². The molecule has 2 aliphatic heterocycles. The standard InChI is InChI=1S/C19H26N4O5S/c1-3-28-19(25)16-12-17(23(20-16)15-9-5-4-6-10-15)18(24)22-11-7-8-14(13-22)21-29(2,26)27/h4-6,9-10,14,17,21H,3,7-8,11-13H2,1-2H3. The van der Waals surface area contributed by atoms with Gasteiger partial charge in [-0.3, -0.25) is 9.80 Å². The third-order valence-corrected chi connectivity index (χ3v) is 5.60. The lowest BCUT2D eigenvalue weighted by Crippen LogP contribution is -2.53. The first-order valence-electron chi connectivity index (χ1n) is 9.63. The van der Waals surface area contributed by atoms with E-state index in [1.54, 1.807) is 16.8 Å². The van der Waals surface area contributed by atoms with Crippen molar-refractivity contribution in [1.82, 2.24) is 9.62 Å². The zero-order chi connectivity index (χ0) is 21.0. The second kappa shape index (κ2) is 8.91. The molecule has 0 saturated carbocycles. The Labute approximate surface area is 170 Å². The monoisotopic (exact) mass is 422 g/mol. The number of hydrogen-bond acceptors (Lipinski definition) is 7. The van der Waals surface area contributed by atoms with Gasteiger partial charge in [-0.1, -0.05) is 18.2 Å². The number of amides is 1. The Bertz CT molecular complexity index is 887. The van der Waals surface area contributed by atoms with Crippen LogP contribution in [0.15, 0.2) is 35.4 Å². The van der Waals surface area contributed by atoms with E-state index in [-0.39, 0.29) is 30.7 Å². The lowest BCUT2D eigenvalue weighted by Gasteiger charge is -2.35. The van der Waals surface area contributed by atoms with E-state index in [0.29, 0.717) is 31.6 Å².